The molecule has 0 saturated heterocycles. The molecule has 8 heteroatoms. The molecular formula is C19H11ClN6S. The zero-order valence-electron chi connectivity index (χ0n) is 13.8. The molecule has 6 nitrogen and oxygen atoms in total. The Morgan fingerprint density at radius 2 is 1.70 bits per heavy atom. The van der Waals surface area contributed by atoms with Crippen LogP contribution in [0.4, 0.5) is 0 Å². The summed E-state index contributed by atoms with van der Waals surface area (Å²) in [5.41, 5.74) is 1.67. The maximum Gasteiger partial charge on any atom is 0.205 e. The van der Waals surface area contributed by atoms with Gasteiger partial charge in [0.2, 0.25) is 5.82 Å². The average molecular weight is 391 g/mol. The molecule has 5 aromatic rings. The Morgan fingerprint density at radius 3 is 2.52 bits per heavy atom. The van der Waals surface area contributed by atoms with Crippen molar-refractivity contribution in [1.29, 1.82) is 0 Å². The summed E-state index contributed by atoms with van der Waals surface area (Å²) < 4.78 is 0. The molecule has 5 rings (SSSR count). The summed E-state index contributed by atoms with van der Waals surface area (Å²) in [6.07, 6.45) is 0. The molecule has 0 fully saturated rings. The Balaban J connectivity index is 1.67. The van der Waals surface area contributed by atoms with Crippen molar-refractivity contribution in [3.05, 3.63) is 71.1 Å². The van der Waals surface area contributed by atoms with Gasteiger partial charge in [-0.1, -0.05) is 29.8 Å². The van der Waals surface area contributed by atoms with Crippen LogP contribution in [0.25, 0.3) is 38.8 Å². The van der Waals surface area contributed by atoms with E-state index in [-0.39, 0.29) is 0 Å². The van der Waals surface area contributed by atoms with Crippen LogP contribution < -0.4 is 0 Å². The highest BCUT2D eigenvalue weighted by molar-refractivity contribution is 7.13. The summed E-state index contributed by atoms with van der Waals surface area (Å²) >= 11 is 7.54. The van der Waals surface area contributed by atoms with Gasteiger partial charge < -0.3 is 0 Å². The summed E-state index contributed by atoms with van der Waals surface area (Å²) in [5.74, 6) is 1.74. The summed E-state index contributed by atoms with van der Waals surface area (Å²) in [4.78, 5) is 11.8. The van der Waals surface area contributed by atoms with E-state index < -0.39 is 0 Å². The Hall–Kier alpha value is -3.16. The van der Waals surface area contributed by atoms with Crippen LogP contribution in [0.2, 0.25) is 5.02 Å². The summed E-state index contributed by atoms with van der Waals surface area (Å²) in [6.45, 7) is 0. The molecule has 0 N–H and O–H groups in total. The second kappa shape index (κ2) is 6.53. The summed E-state index contributed by atoms with van der Waals surface area (Å²) in [6, 6.07) is 19.1. The van der Waals surface area contributed by atoms with Crippen LogP contribution in [0.3, 0.4) is 0 Å². The Bertz CT molecular complexity index is 1230. The van der Waals surface area contributed by atoms with Gasteiger partial charge in [0, 0.05) is 16.0 Å². The minimum Gasteiger partial charge on any atom is -0.227 e. The lowest BCUT2D eigenvalue weighted by molar-refractivity contribution is 0.705. The number of fused-ring (bicyclic) bond motifs is 1. The Labute approximate surface area is 163 Å². The van der Waals surface area contributed by atoms with Crippen LogP contribution in [0.15, 0.2) is 66.0 Å². The number of para-hydroxylation sites is 1. The van der Waals surface area contributed by atoms with E-state index in [1.54, 1.807) is 23.5 Å². The first-order valence-corrected chi connectivity index (χ1v) is 9.41. The first-order valence-electron chi connectivity index (χ1n) is 8.15. The Morgan fingerprint density at radius 1 is 0.852 bits per heavy atom. The van der Waals surface area contributed by atoms with Crippen molar-refractivity contribution in [2.75, 3.05) is 0 Å². The van der Waals surface area contributed by atoms with Crippen LogP contribution >= 0.6 is 22.9 Å². The zero-order chi connectivity index (χ0) is 18.2. The van der Waals surface area contributed by atoms with Crippen LogP contribution in [0, 0.1) is 0 Å². The number of thiophene rings is 1. The normalized spacial score (nSPS) is 11.1. The van der Waals surface area contributed by atoms with E-state index in [0.29, 0.717) is 22.5 Å². The molecular weight excluding hydrogens is 380 g/mol. The van der Waals surface area contributed by atoms with Gasteiger partial charge >= 0.3 is 0 Å². The molecule has 0 saturated carbocycles. The standard InChI is InChI=1S/C19H11ClN6S/c20-13-9-7-12(8-10-13)17-23-25-26(24-17)19-14-4-1-2-5-15(14)21-18(22-19)16-6-3-11-27-16/h1-11H. The van der Waals surface area contributed by atoms with E-state index in [0.717, 1.165) is 21.3 Å². The number of hydrogen-bond donors (Lipinski definition) is 0. The summed E-state index contributed by atoms with van der Waals surface area (Å²) in [5, 5.41) is 16.4. The van der Waals surface area contributed by atoms with E-state index in [2.05, 4.69) is 20.4 Å². The van der Waals surface area contributed by atoms with Gasteiger partial charge in [0.25, 0.3) is 0 Å². The average Bonchev–Trinajstić information content (AvgIpc) is 3.40. The van der Waals surface area contributed by atoms with Gasteiger partial charge in [-0.3, -0.25) is 0 Å². The van der Waals surface area contributed by atoms with E-state index in [1.165, 1.54) is 4.80 Å². The fourth-order valence-corrected chi connectivity index (χ4v) is 3.53. The van der Waals surface area contributed by atoms with E-state index in [9.17, 15) is 0 Å². The highest BCUT2D eigenvalue weighted by Crippen LogP contribution is 2.26. The molecule has 3 aromatic heterocycles. The van der Waals surface area contributed by atoms with E-state index in [1.807, 2.05) is 53.9 Å². The molecule has 0 unspecified atom stereocenters. The summed E-state index contributed by atoms with van der Waals surface area (Å²) in [7, 11) is 0. The lowest BCUT2D eigenvalue weighted by atomic mass is 10.2. The second-order valence-corrected chi connectivity index (χ2v) is 7.16. The fraction of sp³-hybridized carbons (Fsp3) is 0. The van der Waals surface area contributed by atoms with E-state index in [4.69, 9.17) is 16.6 Å². The molecule has 0 bridgehead atoms. The Kier molecular flexibility index (Phi) is 3.88. The highest BCUT2D eigenvalue weighted by Gasteiger charge is 2.15. The molecule has 0 spiro atoms. The predicted molar refractivity (Wildman–Crippen MR) is 106 cm³/mol. The third-order valence-electron chi connectivity index (χ3n) is 4.03. The van der Waals surface area contributed by atoms with Crippen molar-refractivity contribution in [3.63, 3.8) is 0 Å². The third kappa shape index (κ3) is 2.97. The van der Waals surface area contributed by atoms with Gasteiger partial charge in [-0.2, -0.15) is 0 Å². The van der Waals surface area contributed by atoms with Crippen molar-refractivity contribution in [2.24, 2.45) is 0 Å². The maximum absolute atomic E-state index is 5.95. The molecule has 0 aliphatic rings. The smallest absolute Gasteiger partial charge is 0.205 e. The minimum absolute atomic E-state index is 0.507. The topological polar surface area (TPSA) is 69.4 Å². The number of rotatable bonds is 3. The highest BCUT2D eigenvalue weighted by atomic mass is 35.5. The van der Waals surface area contributed by atoms with Gasteiger partial charge in [0.1, 0.15) is 0 Å². The molecule has 0 aliphatic carbocycles. The van der Waals surface area contributed by atoms with Gasteiger partial charge in [-0.15, -0.1) is 26.3 Å². The monoisotopic (exact) mass is 390 g/mol. The predicted octanol–water partition coefficient (Wildman–Crippen LogP) is 4.65. The van der Waals surface area contributed by atoms with Crippen molar-refractivity contribution in [3.8, 4) is 27.9 Å². The van der Waals surface area contributed by atoms with Crippen LogP contribution in [0.5, 0.6) is 0 Å². The first-order chi connectivity index (χ1) is 13.3. The molecule has 0 aliphatic heterocycles. The molecule has 2 aromatic carbocycles. The first kappa shape index (κ1) is 16.0. The minimum atomic E-state index is 0.507. The number of aromatic nitrogens is 6. The maximum atomic E-state index is 5.95. The van der Waals surface area contributed by atoms with Crippen LogP contribution in [-0.2, 0) is 0 Å². The zero-order valence-corrected chi connectivity index (χ0v) is 15.4. The lowest BCUT2D eigenvalue weighted by Crippen LogP contribution is -2.05. The number of nitrogens with zero attached hydrogens (tertiary/aromatic N) is 6. The SMILES string of the molecule is Clc1ccc(-c2nnn(-c3nc(-c4cccs4)nc4ccccc34)n2)cc1. The second-order valence-electron chi connectivity index (χ2n) is 5.77. The van der Waals surface area contributed by atoms with Crippen molar-refractivity contribution in [2.45, 2.75) is 0 Å². The van der Waals surface area contributed by atoms with Crippen molar-refractivity contribution < 1.29 is 0 Å². The van der Waals surface area contributed by atoms with Gasteiger partial charge in [0.15, 0.2) is 11.6 Å². The molecule has 0 radical (unpaired) electrons. The molecule has 3 heterocycles. The van der Waals surface area contributed by atoms with Crippen LogP contribution in [0.1, 0.15) is 0 Å². The number of halogens is 1. The molecule has 0 atom stereocenters. The number of hydrogen-bond acceptors (Lipinski definition) is 6. The lowest BCUT2D eigenvalue weighted by Gasteiger charge is -2.06. The molecule has 0 amide bonds. The fourth-order valence-electron chi connectivity index (χ4n) is 2.75. The molecule has 130 valence electrons. The quantitative estimate of drug-likeness (QED) is 0.448. The number of benzene rings is 2. The third-order valence-corrected chi connectivity index (χ3v) is 5.15. The van der Waals surface area contributed by atoms with Gasteiger partial charge in [0.05, 0.1) is 10.4 Å². The van der Waals surface area contributed by atoms with E-state index >= 15 is 0 Å². The van der Waals surface area contributed by atoms with Crippen molar-refractivity contribution >= 4 is 33.8 Å². The number of tetrazole rings is 1. The molecule has 27 heavy (non-hydrogen) atoms. The van der Waals surface area contributed by atoms with Crippen molar-refractivity contribution in [1.82, 2.24) is 30.2 Å². The van der Waals surface area contributed by atoms with Crippen LogP contribution in [-0.4, -0.2) is 30.2 Å². The van der Waals surface area contributed by atoms with Gasteiger partial charge in [-0.05, 0) is 53.1 Å². The largest absolute Gasteiger partial charge is 0.227 e. The van der Waals surface area contributed by atoms with Gasteiger partial charge in [-0.25, -0.2) is 9.97 Å².